The Bertz CT molecular complexity index is 1300. The molecule has 12 heteroatoms. The predicted octanol–water partition coefficient (Wildman–Crippen LogP) is 5.87. The number of anilines is 2. The lowest BCUT2D eigenvalue weighted by Gasteiger charge is -2.36. The molecule has 1 heterocycles. The molecule has 9 nitrogen and oxygen atoms in total. The lowest BCUT2D eigenvalue weighted by atomic mass is 10.0. The van der Waals surface area contributed by atoms with Gasteiger partial charge in [0.25, 0.3) is 5.91 Å². The average Bonchev–Trinajstić information content (AvgIpc) is 3.51. The van der Waals surface area contributed by atoms with Gasteiger partial charge in [0.05, 0.1) is 23.3 Å². The van der Waals surface area contributed by atoms with Gasteiger partial charge in [0, 0.05) is 56.5 Å². The zero-order valence-corrected chi connectivity index (χ0v) is 24.9. The van der Waals surface area contributed by atoms with Gasteiger partial charge in [-0.15, -0.1) is 0 Å². The summed E-state index contributed by atoms with van der Waals surface area (Å²) in [5.41, 5.74) is 0.210. The van der Waals surface area contributed by atoms with Gasteiger partial charge in [-0.2, -0.15) is 13.2 Å². The van der Waals surface area contributed by atoms with Crippen LogP contribution >= 0.6 is 0 Å². The van der Waals surface area contributed by atoms with E-state index in [4.69, 9.17) is 9.47 Å². The molecule has 0 unspecified atom stereocenters. The molecule has 234 valence electrons. The van der Waals surface area contributed by atoms with Crippen LogP contribution in [0.1, 0.15) is 55.5 Å². The molecule has 0 bridgehead atoms. The maximum Gasteiger partial charge on any atom is 0.416 e. The first-order valence-electron chi connectivity index (χ1n) is 14.5. The molecule has 0 saturated heterocycles. The van der Waals surface area contributed by atoms with Crippen molar-refractivity contribution in [1.82, 2.24) is 9.80 Å². The van der Waals surface area contributed by atoms with E-state index in [-0.39, 0.29) is 54.8 Å². The third-order valence-corrected chi connectivity index (χ3v) is 8.16. The summed E-state index contributed by atoms with van der Waals surface area (Å²) in [5, 5.41) is 5.63. The van der Waals surface area contributed by atoms with Gasteiger partial charge in [-0.25, -0.2) is 4.79 Å². The quantitative estimate of drug-likeness (QED) is 0.455. The molecular formula is C31H39F3N4O5. The minimum Gasteiger partial charge on any atom is -0.491 e. The van der Waals surface area contributed by atoms with Crippen LogP contribution in [-0.2, 0) is 15.7 Å². The lowest BCUT2D eigenvalue weighted by molar-refractivity contribution is -0.137. The summed E-state index contributed by atoms with van der Waals surface area (Å²) in [6, 6.07) is 8.13. The number of rotatable bonds is 4. The van der Waals surface area contributed by atoms with Gasteiger partial charge >= 0.3 is 12.2 Å². The van der Waals surface area contributed by atoms with Gasteiger partial charge in [-0.1, -0.05) is 19.8 Å². The number of methoxy groups -OCH3 is 1. The highest BCUT2D eigenvalue weighted by atomic mass is 19.4. The van der Waals surface area contributed by atoms with Crippen LogP contribution in [0.3, 0.4) is 0 Å². The molecule has 2 aromatic carbocycles. The van der Waals surface area contributed by atoms with Crippen molar-refractivity contribution in [3.05, 3.63) is 53.6 Å². The smallest absolute Gasteiger partial charge is 0.416 e. The van der Waals surface area contributed by atoms with Crippen molar-refractivity contribution < 1.29 is 37.0 Å². The standard InChI is InChI=1S/C31H39F3N4O5/c1-19-16-38(30(41)36-23-11-9-22(10-12-23)31(32,33)34)20(2)18-43-26-15-24(35-28(39)21-7-5-6-8-21)13-14-25(26)29(40)37(3)17-27(19)42-4/h9-15,19-21,27H,5-8,16-18H2,1-4H3,(H,35,39)(H,36,41)/t19-,20-,27-/m1/s1. The first-order chi connectivity index (χ1) is 20.4. The van der Waals surface area contributed by atoms with E-state index in [1.807, 2.05) is 6.92 Å². The molecule has 1 aliphatic carbocycles. The van der Waals surface area contributed by atoms with E-state index in [0.717, 1.165) is 37.8 Å². The van der Waals surface area contributed by atoms with Crippen molar-refractivity contribution in [2.45, 2.75) is 57.9 Å². The number of carbonyl (C=O) groups excluding carboxylic acids is 3. The Balaban J connectivity index is 1.59. The van der Waals surface area contributed by atoms with Crippen molar-refractivity contribution in [1.29, 1.82) is 0 Å². The zero-order valence-electron chi connectivity index (χ0n) is 24.9. The highest BCUT2D eigenvalue weighted by Crippen LogP contribution is 2.31. The molecule has 1 saturated carbocycles. The number of nitrogens with one attached hydrogen (secondary N) is 2. The first kappa shape index (κ1) is 32.1. The number of carbonyl (C=O) groups is 3. The third kappa shape index (κ3) is 7.98. The number of amides is 4. The molecule has 2 N–H and O–H groups in total. The average molecular weight is 605 g/mol. The Kier molecular flexibility index (Phi) is 10.2. The van der Waals surface area contributed by atoms with Crippen LogP contribution in [0, 0.1) is 11.8 Å². The number of hydrogen-bond acceptors (Lipinski definition) is 5. The Morgan fingerprint density at radius 1 is 0.977 bits per heavy atom. The number of ether oxygens (including phenoxy) is 2. The van der Waals surface area contributed by atoms with E-state index in [1.165, 1.54) is 24.1 Å². The number of nitrogens with zero attached hydrogens (tertiary/aromatic N) is 2. The van der Waals surface area contributed by atoms with Crippen molar-refractivity contribution in [3.63, 3.8) is 0 Å². The van der Waals surface area contributed by atoms with E-state index in [1.54, 1.807) is 37.1 Å². The van der Waals surface area contributed by atoms with Crippen LogP contribution in [0.25, 0.3) is 0 Å². The largest absolute Gasteiger partial charge is 0.491 e. The van der Waals surface area contributed by atoms with Crippen LogP contribution in [0.4, 0.5) is 29.3 Å². The monoisotopic (exact) mass is 604 g/mol. The van der Waals surface area contributed by atoms with E-state index in [0.29, 0.717) is 11.3 Å². The Hall–Kier alpha value is -3.80. The third-order valence-electron chi connectivity index (χ3n) is 8.16. The minimum absolute atomic E-state index is 0.00875. The zero-order chi connectivity index (χ0) is 31.3. The fraction of sp³-hybridized carbons (Fsp3) is 0.516. The van der Waals surface area contributed by atoms with E-state index < -0.39 is 29.9 Å². The van der Waals surface area contributed by atoms with Crippen LogP contribution in [0.5, 0.6) is 5.75 Å². The number of benzene rings is 2. The highest BCUT2D eigenvalue weighted by Gasteiger charge is 2.32. The minimum atomic E-state index is -4.49. The second-order valence-corrected chi connectivity index (χ2v) is 11.4. The van der Waals surface area contributed by atoms with Gasteiger partial charge in [-0.05, 0) is 56.2 Å². The summed E-state index contributed by atoms with van der Waals surface area (Å²) in [7, 11) is 3.20. The summed E-state index contributed by atoms with van der Waals surface area (Å²) in [6.45, 7) is 4.15. The van der Waals surface area contributed by atoms with Crippen LogP contribution in [0.2, 0.25) is 0 Å². The molecule has 1 aliphatic heterocycles. The van der Waals surface area contributed by atoms with Gasteiger partial charge in [0.2, 0.25) is 5.91 Å². The van der Waals surface area contributed by atoms with Gasteiger partial charge in [-0.3, -0.25) is 9.59 Å². The number of hydrogen-bond donors (Lipinski definition) is 2. The topological polar surface area (TPSA) is 100 Å². The Morgan fingerprint density at radius 2 is 1.63 bits per heavy atom. The first-order valence-corrected chi connectivity index (χ1v) is 14.5. The molecule has 4 amide bonds. The second kappa shape index (κ2) is 13.7. The molecule has 2 aromatic rings. The SMILES string of the molecule is CO[C@@H]1CN(C)C(=O)c2ccc(NC(=O)C3CCCC3)cc2OC[C@@H](C)N(C(=O)Nc2ccc(C(F)(F)F)cc2)C[C@H]1C. The van der Waals surface area contributed by atoms with Gasteiger partial charge in [0.15, 0.2) is 0 Å². The molecule has 0 radical (unpaired) electrons. The summed E-state index contributed by atoms with van der Waals surface area (Å²) in [6.07, 6.45) is -1.17. The number of urea groups is 1. The van der Waals surface area contributed by atoms with Crippen LogP contribution in [0.15, 0.2) is 42.5 Å². The fourth-order valence-electron chi connectivity index (χ4n) is 5.50. The maximum absolute atomic E-state index is 13.5. The van der Waals surface area contributed by atoms with Crippen molar-refractivity contribution in [2.75, 3.05) is 44.5 Å². The number of likely N-dealkylation sites (N-methyl/N-ethyl adjacent to an activating group) is 1. The summed E-state index contributed by atoms with van der Waals surface area (Å²) < 4.78 is 50.9. The van der Waals surface area contributed by atoms with Crippen molar-refractivity contribution in [3.8, 4) is 5.75 Å². The molecule has 1 fully saturated rings. The second-order valence-electron chi connectivity index (χ2n) is 11.4. The van der Waals surface area contributed by atoms with Gasteiger partial charge in [0.1, 0.15) is 12.4 Å². The summed E-state index contributed by atoms with van der Waals surface area (Å²) >= 11 is 0. The predicted molar refractivity (Wildman–Crippen MR) is 156 cm³/mol. The Labute approximate surface area is 249 Å². The van der Waals surface area contributed by atoms with Crippen LogP contribution in [-0.4, -0.2) is 73.6 Å². The van der Waals surface area contributed by atoms with E-state index in [2.05, 4.69) is 10.6 Å². The molecule has 43 heavy (non-hydrogen) atoms. The fourth-order valence-corrected chi connectivity index (χ4v) is 5.50. The van der Waals surface area contributed by atoms with E-state index in [9.17, 15) is 27.6 Å². The van der Waals surface area contributed by atoms with Gasteiger partial charge < -0.3 is 29.9 Å². The number of alkyl halides is 3. The molecule has 0 spiro atoms. The summed E-state index contributed by atoms with van der Waals surface area (Å²) in [4.78, 5) is 42.7. The molecule has 2 aliphatic rings. The molecular weight excluding hydrogens is 565 g/mol. The lowest BCUT2D eigenvalue weighted by Crippen LogP contribution is -2.50. The van der Waals surface area contributed by atoms with Crippen molar-refractivity contribution >= 4 is 29.2 Å². The molecule has 0 aromatic heterocycles. The Morgan fingerprint density at radius 3 is 2.26 bits per heavy atom. The number of halogens is 3. The summed E-state index contributed by atoms with van der Waals surface area (Å²) in [5.74, 6) is -0.334. The molecule has 3 atom stereocenters. The maximum atomic E-state index is 13.5. The highest BCUT2D eigenvalue weighted by molar-refractivity contribution is 5.99. The van der Waals surface area contributed by atoms with Crippen molar-refractivity contribution in [2.24, 2.45) is 11.8 Å². The number of fused-ring (bicyclic) bond motifs is 1. The van der Waals surface area contributed by atoms with E-state index >= 15 is 0 Å². The normalized spacial score (nSPS) is 22.2. The molecule has 4 rings (SSSR count). The van der Waals surface area contributed by atoms with Crippen LogP contribution < -0.4 is 15.4 Å².